The number of amides is 1. The van der Waals surface area contributed by atoms with E-state index in [2.05, 4.69) is 6.58 Å². The molecule has 0 aliphatic carbocycles. The van der Waals surface area contributed by atoms with Crippen molar-refractivity contribution in [2.24, 2.45) is 0 Å². The molecule has 3 nitrogen and oxygen atoms in total. The molecule has 0 radical (unpaired) electrons. The van der Waals surface area contributed by atoms with Crippen molar-refractivity contribution in [3.63, 3.8) is 0 Å². The van der Waals surface area contributed by atoms with Gasteiger partial charge in [-0.3, -0.25) is 4.79 Å². The number of rotatable bonds is 7. The van der Waals surface area contributed by atoms with Crippen LogP contribution in [0.5, 0.6) is 0 Å². The summed E-state index contributed by atoms with van der Waals surface area (Å²) in [6.45, 7) is 8.66. The molecule has 21 heavy (non-hydrogen) atoms. The predicted molar refractivity (Wildman–Crippen MR) is 93.4 cm³/mol. The van der Waals surface area contributed by atoms with Crippen LogP contribution in [0.2, 0.25) is 0 Å². The number of hydrogen-bond donors (Lipinski definition) is 0. The third-order valence-electron chi connectivity index (χ3n) is 2.97. The maximum absolute atomic E-state index is 12.4. The van der Waals surface area contributed by atoms with Crippen LogP contribution < -0.4 is 0 Å². The zero-order chi connectivity index (χ0) is 15.7. The molecule has 1 atom stereocenters. The molecular formula is C16H21NO2S2. The Bertz CT molecular complexity index is 476. The summed E-state index contributed by atoms with van der Waals surface area (Å²) in [5.41, 5.74) is 1.10. The molecule has 1 amide bonds. The van der Waals surface area contributed by atoms with Crippen molar-refractivity contribution in [1.82, 2.24) is 4.90 Å². The molecule has 5 heteroatoms. The Morgan fingerprint density at radius 2 is 2.14 bits per heavy atom. The first-order valence-electron chi connectivity index (χ1n) is 6.85. The average Bonchev–Trinajstić information content (AvgIpc) is 2.51. The van der Waals surface area contributed by atoms with Gasteiger partial charge in [0.05, 0.1) is 18.4 Å². The summed E-state index contributed by atoms with van der Waals surface area (Å²) in [7, 11) is 0. The highest BCUT2D eigenvalue weighted by Crippen LogP contribution is 2.21. The fourth-order valence-electron chi connectivity index (χ4n) is 1.89. The van der Waals surface area contributed by atoms with E-state index in [4.69, 9.17) is 17.0 Å². The van der Waals surface area contributed by atoms with Crippen molar-refractivity contribution in [2.75, 3.05) is 18.9 Å². The van der Waals surface area contributed by atoms with Crippen molar-refractivity contribution in [3.05, 3.63) is 48.6 Å². The Morgan fingerprint density at radius 3 is 2.71 bits per heavy atom. The first kappa shape index (κ1) is 17.7. The molecule has 0 saturated heterocycles. The predicted octanol–water partition coefficient (Wildman–Crippen LogP) is 3.82. The molecule has 0 aliphatic rings. The molecule has 1 aromatic rings. The van der Waals surface area contributed by atoms with Gasteiger partial charge in [0.25, 0.3) is 0 Å². The van der Waals surface area contributed by atoms with Crippen LogP contribution in [-0.4, -0.2) is 34.1 Å². The molecule has 0 spiro atoms. The fraction of sp³-hybridized carbons (Fsp3) is 0.375. The number of thioether (sulfide) groups is 1. The summed E-state index contributed by atoms with van der Waals surface area (Å²) >= 11 is 6.29. The summed E-state index contributed by atoms with van der Waals surface area (Å²) in [5.74, 6) is 0.308. The molecule has 1 aromatic carbocycles. The van der Waals surface area contributed by atoms with Crippen LogP contribution in [0.1, 0.15) is 25.5 Å². The Morgan fingerprint density at radius 1 is 1.48 bits per heavy atom. The lowest BCUT2D eigenvalue weighted by Gasteiger charge is -2.28. The summed E-state index contributed by atoms with van der Waals surface area (Å²) < 4.78 is 5.59. The van der Waals surface area contributed by atoms with E-state index in [9.17, 15) is 4.79 Å². The van der Waals surface area contributed by atoms with Gasteiger partial charge in [0.15, 0.2) is 0 Å². The minimum atomic E-state index is -0.00188. The summed E-state index contributed by atoms with van der Waals surface area (Å²) in [4.78, 5) is 14.2. The van der Waals surface area contributed by atoms with Crippen molar-refractivity contribution >= 4 is 34.3 Å². The van der Waals surface area contributed by atoms with E-state index in [1.54, 1.807) is 11.0 Å². The van der Waals surface area contributed by atoms with Crippen LogP contribution in [0.15, 0.2) is 43.0 Å². The maximum atomic E-state index is 12.4. The Kier molecular flexibility index (Phi) is 8.08. The zero-order valence-corrected chi connectivity index (χ0v) is 14.1. The van der Waals surface area contributed by atoms with Crippen LogP contribution in [-0.2, 0) is 9.53 Å². The molecule has 0 heterocycles. The van der Waals surface area contributed by atoms with Crippen LogP contribution in [0, 0.1) is 0 Å². The average molecular weight is 323 g/mol. The second-order valence-corrected chi connectivity index (χ2v) is 5.97. The molecule has 0 aliphatic heterocycles. The molecule has 0 N–H and O–H groups in total. The lowest BCUT2D eigenvalue weighted by Crippen LogP contribution is -2.35. The molecule has 0 aromatic heterocycles. The lowest BCUT2D eigenvalue weighted by molar-refractivity contribution is -0.129. The van der Waals surface area contributed by atoms with Gasteiger partial charge in [-0.1, -0.05) is 48.2 Å². The van der Waals surface area contributed by atoms with Crippen molar-refractivity contribution in [1.29, 1.82) is 0 Å². The van der Waals surface area contributed by atoms with E-state index in [1.807, 2.05) is 44.2 Å². The third kappa shape index (κ3) is 5.89. The van der Waals surface area contributed by atoms with Crippen molar-refractivity contribution in [3.8, 4) is 0 Å². The van der Waals surface area contributed by atoms with Gasteiger partial charge in [0, 0.05) is 6.54 Å². The first-order valence-corrected chi connectivity index (χ1v) is 8.24. The fourth-order valence-corrected chi connectivity index (χ4v) is 2.79. The summed E-state index contributed by atoms with van der Waals surface area (Å²) in [6, 6.07) is 9.95. The van der Waals surface area contributed by atoms with Crippen molar-refractivity contribution < 1.29 is 9.53 Å². The molecule has 0 saturated carbocycles. The van der Waals surface area contributed by atoms with E-state index < -0.39 is 0 Å². The summed E-state index contributed by atoms with van der Waals surface area (Å²) in [5, 5.41) is 0. The number of thiocarbonyl (C=S) groups is 1. The molecular weight excluding hydrogens is 302 g/mol. The van der Waals surface area contributed by atoms with Gasteiger partial charge in [-0.2, -0.15) is 0 Å². The Labute approximate surface area is 136 Å². The standard InChI is InChI=1S/C16H21NO2S2/c1-4-11-17(13(3)14-9-7-6-8-10-14)15(18)12-21-16(20)19-5-2/h4,6-10,13H,1,5,11-12H2,2-3H3/t13-/m0/s1. The van der Waals surface area contributed by atoms with Crippen LogP contribution in [0.4, 0.5) is 0 Å². The number of hydrogen-bond acceptors (Lipinski definition) is 4. The van der Waals surface area contributed by atoms with Gasteiger partial charge in [-0.25, -0.2) is 0 Å². The number of carbonyl (C=O) groups is 1. The highest BCUT2D eigenvalue weighted by Gasteiger charge is 2.20. The third-order valence-corrected chi connectivity index (χ3v) is 4.19. The first-order chi connectivity index (χ1) is 10.1. The van der Waals surface area contributed by atoms with Crippen molar-refractivity contribution in [2.45, 2.75) is 19.9 Å². The van der Waals surface area contributed by atoms with Crippen LogP contribution in [0.3, 0.4) is 0 Å². The van der Waals surface area contributed by atoms with E-state index in [0.29, 0.717) is 17.5 Å². The SMILES string of the molecule is C=CCN(C(=O)CSC(=S)OCC)[C@@H](C)c1ccccc1. The molecule has 1 rings (SSSR count). The van der Waals surface area contributed by atoms with Gasteiger partial charge in [-0.15, -0.1) is 6.58 Å². The maximum Gasteiger partial charge on any atom is 0.233 e. The molecule has 0 bridgehead atoms. The van der Waals surface area contributed by atoms with E-state index in [-0.39, 0.29) is 17.7 Å². The van der Waals surface area contributed by atoms with Gasteiger partial charge < -0.3 is 9.64 Å². The van der Waals surface area contributed by atoms with E-state index in [0.717, 1.165) is 5.56 Å². The van der Waals surface area contributed by atoms with E-state index >= 15 is 0 Å². The number of benzene rings is 1. The Hall–Kier alpha value is -1.33. The number of nitrogens with zero attached hydrogens (tertiary/aromatic N) is 1. The zero-order valence-electron chi connectivity index (χ0n) is 12.5. The van der Waals surface area contributed by atoms with Gasteiger partial charge in [0.1, 0.15) is 0 Å². The van der Waals surface area contributed by atoms with Crippen LogP contribution in [0.25, 0.3) is 0 Å². The van der Waals surface area contributed by atoms with Gasteiger partial charge in [0.2, 0.25) is 10.3 Å². The quantitative estimate of drug-likeness (QED) is 0.563. The number of carbonyl (C=O) groups excluding carboxylic acids is 1. The lowest BCUT2D eigenvalue weighted by atomic mass is 10.1. The minimum Gasteiger partial charge on any atom is -0.479 e. The monoisotopic (exact) mass is 323 g/mol. The molecule has 0 unspecified atom stereocenters. The van der Waals surface area contributed by atoms with E-state index in [1.165, 1.54) is 11.8 Å². The van der Waals surface area contributed by atoms with Crippen LogP contribution >= 0.6 is 24.0 Å². The highest BCUT2D eigenvalue weighted by molar-refractivity contribution is 8.23. The molecule has 114 valence electrons. The normalized spacial score (nSPS) is 11.5. The van der Waals surface area contributed by atoms with Gasteiger partial charge in [-0.05, 0) is 31.6 Å². The topological polar surface area (TPSA) is 29.5 Å². The summed E-state index contributed by atoms with van der Waals surface area (Å²) in [6.07, 6.45) is 1.74. The second-order valence-electron chi connectivity index (χ2n) is 4.39. The highest BCUT2D eigenvalue weighted by atomic mass is 32.2. The molecule has 0 fully saturated rings. The largest absolute Gasteiger partial charge is 0.479 e. The van der Waals surface area contributed by atoms with Gasteiger partial charge >= 0.3 is 0 Å². The number of ether oxygens (including phenoxy) is 1. The second kappa shape index (κ2) is 9.58. The smallest absolute Gasteiger partial charge is 0.233 e. The Balaban J connectivity index is 2.69. The minimum absolute atomic E-state index is 0.00188.